The van der Waals surface area contributed by atoms with Gasteiger partial charge in [0.1, 0.15) is 5.75 Å². The van der Waals surface area contributed by atoms with Crippen molar-refractivity contribution in [3.8, 4) is 5.75 Å². The van der Waals surface area contributed by atoms with Crippen LogP contribution in [0.25, 0.3) is 5.78 Å². The van der Waals surface area contributed by atoms with Crippen molar-refractivity contribution in [2.45, 2.75) is 20.0 Å². The highest BCUT2D eigenvalue weighted by atomic mass is 16.5. The first-order chi connectivity index (χ1) is 14.2. The van der Waals surface area contributed by atoms with E-state index in [0.29, 0.717) is 37.1 Å². The minimum Gasteiger partial charge on any atom is -0.492 e. The van der Waals surface area contributed by atoms with Crippen LogP contribution in [0.3, 0.4) is 0 Å². The second-order valence-corrected chi connectivity index (χ2v) is 6.42. The molecule has 3 N–H and O–H groups in total. The van der Waals surface area contributed by atoms with Crippen LogP contribution in [0, 0.1) is 0 Å². The van der Waals surface area contributed by atoms with Gasteiger partial charge in [-0.3, -0.25) is 9.89 Å². The number of hydrogen-bond donors (Lipinski definition) is 3. The van der Waals surface area contributed by atoms with Crippen molar-refractivity contribution < 1.29 is 4.74 Å². The number of anilines is 2. The fourth-order valence-corrected chi connectivity index (χ4v) is 2.96. The predicted octanol–water partition coefficient (Wildman–Crippen LogP) is 3.04. The lowest BCUT2D eigenvalue weighted by molar-refractivity contribution is 0.341. The number of ether oxygens (including phenoxy) is 1. The molecule has 8 heteroatoms. The minimum absolute atomic E-state index is 0.217. The summed E-state index contributed by atoms with van der Waals surface area (Å²) in [6, 6.07) is 19.1. The van der Waals surface area contributed by atoms with Gasteiger partial charge in [0, 0.05) is 12.6 Å². The number of benzene rings is 2. The third-order valence-corrected chi connectivity index (χ3v) is 4.33. The van der Waals surface area contributed by atoms with Crippen LogP contribution in [0.1, 0.15) is 18.2 Å². The van der Waals surface area contributed by atoms with E-state index >= 15 is 0 Å². The Bertz CT molecular complexity index is 1150. The highest BCUT2D eigenvalue weighted by Crippen LogP contribution is 2.24. The van der Waals surface area contributed by atoms with Gasteiger partial charge in [0.15, 0.2) is 0 Å². The number of aromatic nitrogens is 4. The Morgan fingerprint density at radius 3 is 2.62 bits per heavy atom. The molecule has 0 saturated carbocycles. The number of nitrogens with one attached hydrogen (secondary N) is 3. The van der Waals surface area contributed by atoms with Crippen molar-refractivity contribution >= 4 is 17.4 Å². The normalized spacial score (nSPS) is 10.8. The van der Waals surface area contributed by atoms with E-state index in [1.165, 1.54) is 10.6 Å². The molecule has 0 bridgehead atoms. The summed E-state index contributed by atoms with van der Waals surface area (Å²) >= 11 is 0. The number of fused-ring (bicyclic) bond motifs is 1. The van der Waals surface area contributed by atoms with Crippen LogP contribution in [0.4, 0.5) is 11.6 Å². The van der Waals surface area contributed by atoms with Gasteiger partial charge in [-0.05, 0) is 24.6 Å². The first-order valence-corrected chi connectivity index (χ1v) is 9.45. The smallest absolute Gasteiger partial charge is 0.274 e. The van der Waals surface area contributed by atoms with Crippen LogP contribution in [0.2, 0.25) is 0 Å². The Labute approximate surface area is 167 Å². The number of hydrogen-bond acceptors (Lipinski definition) is 6. The van der Waals surface area contributed by atoms with Crippen LogP contribution >= 0.6 is 0 Å². The molecular formula is C21H22N6O2. The van der Waals surface area contributed by atoms with Crippen LogP contribution < -0.4 is 20.9 Å². The highest BCUT2D eigenvalue weighted by Gasteiger charge is 2.09. The van der Waals surface area contributed by atoms with Gasteiger partial charge in [-0.25, -0.2) is 4.98 Å². The Hall–Kier alpha value is -3.81. The first-order valence-electron chi connectivity index (χ1n) is 9.45. The molecule has 0 fully saturated rings. The number of rotatable bonds is 8. The van der Waals surface area contributed by atoms with Gasteiger partial charge in [-0.2, -0.15) is 9.50 Å². The van der Waals surface area contributed by atoms with E-state index in [9.17, 15) is 4.79 Å². The molecule has 0 radical (unpaired) electrons. The molecule has 2 aromatic carbocycles. The molecule has 0 aliphatic heterocycles. The lowest BCUT2D eigenvalue weighted by Crippen LogP contribution is -2.17. The van der Waals surface area contributed by atoms with Crippen molar-refractivity contribution in [2.24, 2.45) is 0 Å². The Balaban J connectivity index is 1.49. The fraction of sp³-hybridized carbons (Fsp3) is 0.190. The number of para-hydroxylation sites is 2. The molecule has 0 amide bonds. The summed E-state index contributed by atoms with van der Waals surface area (Å²) in [4.78, 5) is 21.3. The van der Waals surface area contributed by atoms with Gasteiger partial charge >= 0.3 is 0 Å². The summed E-state index contributed by atoms with van der Waals surface area (Å²) in [7, 11) is 0. The minimum atomic E-state index is -0.217. The van der Waals surface area contributed by atoms with Crippen molar-refractivity contribution in [2.75, 3.05) is 17.2 Å². The zero-order valence-corrected chi connectivity index (χ0v) is 16.1. The van der Waals surface area contributed by atoms with Crippen LogP contribution in [-0.2, 0) is 13.1 Å². The molecule has 0 unspecified atom stereocenters. The van der Waals surface area contributed by atoms with E-state index in [4.69, 9.17) is 4.74 Å². The molecule has 4 rings (SSSR count). The van der Waals surface area contributed by atoms with E-state index in [0.717, 1.165) is 17.0 Å². The van der Waals surface area contributed by atoms with Crippen molar-refractivity contribution in [3.63, 3.8) is 0 Å². The third kappa shape index (κ3) is 4.37. The average molecular weight is 390 g/mol. The average Bonchev–Trinajstić information content (AvgIpc) is 3.16. The van der Waals surface area contributed by atoms with Crippen molar-refractivity contribution in [3.05, 3.63) is 82.3 Å². The van der Waals surface area contributed by atoms with Gasteiger partial charge in [0.05, 0.1) is 24.5 Å². The molecule has 4 aromatic rings. The maximum Gasteiger partial charge on any atom is 0.274 e. The van der Waals surface area contributed by atoms with E-state index in [1.54, 1.807) is 0 Å². The summed E-state index contributed by atoms with van der Waals surface area (Å²) in [5, 5.41) is 9.39. The fourth-order valence-electron chi connectivity index (χ4n) is 2.96. The summed E-state index contributed by atoms with van der Waals surface area (Å²) < 4.78 is 6.94. The topological polar surface area (TPSA) is 96.3 Å². The van der Waals surface area contributed by atoms with E-state index in [1.807, 2.05) is 61.5 Å². The van der Waals surface area contributed by atoms with E-state index in [-0.39, 0.29) is 5.56 Å². The zero-order valence-electron chi connectivity index (χ0n) is 16.1. The van der Waals surface area contributed by atoms with Gasteiger partial charge in [-0.1, -0.05) is 42.5 Å². The molecule has 29 heavy (non-hydrogen) atoms. The summed E-state index contributed by atoms with van der Waals surface area (Å²) in [6.45, 7) is 3.50. The maximum atomic E-state index is 12.4. The molecular weight excluding hydrogens is 368 g/mol. The van der Waals surface area contributed by atoms with Crippen LogP contribution in [0.5, 0.6) is 5.75 Å². The Morgan fingerprint density at radius 1 is 1.00 bits per heavy atom. The number of H-pyrrole nitrogens is 1. The van der Waals surface area contributed by atoms with Gasteiger partial charge in [0.2, 0.25) is 5.95 Å². The first kappa shape index (κ1) is 18.5. The van der Waals surface area contributed by atoms with Gasteiger partial charge < -0.3 is 15.4 Å². The second kappa shape index (κ2) is 8.47. The molecule has 0 saturated heterocycles. The molecule has 0 aliphatic rings. The highest BCUT2D eigenvalue weighted by molar-refractivity contribution is 5.56. The quantitative estimate of drug-likeness (QED) is 0.428. The molecule has 2 aromatic heterocycles. The van der Waals surface area contributed by atoms with Crippen molar-refractivity contribution in [1.29, 1.82) is 0 Å². The molecule has 0 atom stereocenters. The molecule has 0 aliphatic carbocycles. The van der Waals surface area contributed by atoms with Crippen LogP contribution in [-0.4, -0.2) is 26.2 Å². The van der Waals surface area contributed by atoms with Gasteiger partial charge in [-0.15, -0.1) is 0 Å². The third-order valence-electron chi connectivity index (χ3n) is 4.33. The standard InChI is InChI=1S/C21H22N6O2/c1-2-29-18-11-7-6-10-17(18)22-14-16-12-19(28)27-21(24-16)25-20(26-27)23-13-15-8-4-3-5-9-15/h3-12,22H,2,13-14H2,1H3,(H2,23,24,25,26). The SMILES string of the molecule is CCOc1ccccc1NCc1cc(=O)n2[nH]c(NCc3ccccc3)nc2n1. The Kier molecular flexibility index (Phi) is 5.42. The predicted molar refractivity (Wildman–Crippen MR) is 112 cm³/mol. The molecule has 148 valence electrons. The Morgan fingerprint density at radius 2 is 1.79 bits per heavy atom. The summed E-state index contributed by atoms with van der Waals surface area (Å²) in [5.74, 6) is 1.58. The largest absolute Gasteiger partial charge is 0.492 e. The number of nitrogens with zero attached hydrogens (tertiary/aromatic N) is 3. The summed E-state index contributed by atoms with van der Waals surface area (Å²) in [6.07, 6.45) is 0. The van der Waals surface area contributed by atoms with E-state index in [2.05, 4.69) is 25.7 Å². The number of aromatic amines is 1. The second-order valence-electron chi connectivity index (χ2n) is 6.42. The monoisotopic (exact) mass is 390 g/mol. The summed E-state index contributed by atoms with van der Waals surface area (Å²) in [5.41, 5.74) is 2.35. The molecule has 0 spiro atoms. The molecule has 8 nitrogen and oxygen atoms in total. The van der Waals surface area contributed by atoms with Gasteiger partial charge in [0.25, 0.3) is 11.3 Å². The lowest BCUT2D eigenvalue weighted by Gasteiger charge is -2.11. The van der Waals surface area contributed by atoms with E-state index < -0.39 is 0 Å². The van der Waals surface area contributed by atoms with Crippen LogP contribution in [0.15, 0.2) is 65.5 Å². The molecule has 2 heterocycles. The van der Waals surface area contributed by atoms with Crippen molar-refractivity contribution in [1.82, 2.24) is 19.6 Å². The zero-order chi connectivity index (χ0) is 20.1. The maximum absolute atomic E-state index is 12.4. The lowest BCUT2D eigenvalue weighted by atomic mass is 10.2.